The predicted octanol–water partition coefficient (Wildman–Crippen LogP) is 5.56. The van der Waals surface area contributed by atoms with Crippen molar-refractivity contribution in [1.82, 2.24) is 9.78 Å². The number of nitrogens with two attached hydrogens (primary N) is 1. The fraction of sp³-hybridized carbons (Fsp3) is 0.391. The van der Waals surface area contributed by atoms with Crippen LogP contribution in [0.15, 0.2) is 42.6 Å². The molecule has 6 nitrogen and oxygen atoms in total. The van der Waals surface area contributed by atoms with E-state index in [9.17, 15) is 18.0 Å². The molecule has 0 aliphatic carbocycles. The number of hydrogen-bond acceptors (Lipinski definition) is 3. The van der Waals surface area contributed by atoms with Crippen LogP contribution >= 0.6 is 0 Å². The summed E-state index contributed by atoms with van der Waals surface area (Å²) in [5.41, 5.74) is 5.70. The highest BCUT2D eigenvalue weighted by Crippen LogP contribution is 2.51. The fourth-order valence-electron chi connectivity index (χ4n) is 4.60. The van der Waals surface area contributed by atoms with E-state index in [0.717, 1.165) is 11.6 Å². The highest BCUT2D eigenvalue weighted by Gasteiger charge is 2.46. The standard InChI is InChI=1S/C23H25F3N4O2/c1-4-22(5-2)12-19(14-8-6-9-16(20(14)32-22)23(24,25)26)30(21(27)31)18-11-7-10-17-15(18)13-28-29(17)3/h6-11,13,19H,4-5,12H2,1-3H3,(H2,27,31)/t19-/m1/s1. The molecule has 2 aromatic carbocycles. The number of urea groups is 1. The number of rotatable bonds is 4. The number of nitrogens with zero attached hydrogens (tertiary/aromatic N) is 3. The van der Waals surface area contributed by atoms with Crippen molar-refractivity contribution in [2.24, 2.45) is 12.8 Å². The molecule has 4 rings (SSSR count). The maximum absolute atomic E-state index is 13.9. The summed E-state index contributed by atoms with van der Waals surface area (Å²) >= 11 is 0. The average molecular weight is 446 g/mol. The van der Waals surface area contributed by atoms with Crippen molar-refractivity contribution in [3.05, 3.63) is 53.7 Å². The second-order valence-electron chi connectivity index (χ2n) is 8.12. The molecule has 3 aromatic rings. The van der Waals surface area contributed by atoms with Crippen molar-refractivity contribution in [1.29, 1.82) is 0 Å². The molecule has 2 amide bonds. The van der Waals surface area contributed by atoms with Crippen molar-refractivity contribution < 1.29 is 22.7 Å². The molecule has 1 atom stereocenters. The van der Waals surface area contributed by atoms with Crippen LogP contribution in [0.4, 0.5) is 23.7 Å². The van der Waals surface area contributed by atoms with Crippen LogP contribution in [0, 0.1) is 0 Å². The highest BCUT2D eigenvalue weighted by atomic mass is 19.4. The minimum absolute atomic E-state index is 0.232. The molecule has 1 aliphatic heterocycles. The molecule has 1 aromatic heterocycles. The molecule has 9 heteroatoms. The topological polar surface area (TPSA) is 73.4 Å². The van der Waals surface area contributed by atoms with Gasteiger partial charge in [0.2, 0.25) is 0 Å². The molecular formula is C23H25F3N4O2. The maximum Gasteiger partial charge on any atom is 0.419 e. The van der Waals surface area contributed by atoms with Gasteiger partial charge in [-0.2, -0.15) is 18.3 Å². The van der Waals surface area contributed by atoms with Crippen LogP contribution in [0.1, 0.15) is 50.3 Å². The lowest BCUT2D eigenvalue weighted by atomic mass is 9.81. The Balaban J connectivity index is 1.97. The summed E-state index contributed by atoms with van der Waals surface area (Å²) in [6.45, 7) is 3.75. The highest BCUT2D eigenvalue weighted by molar-refractivity contribution is 6.02. The first-order chi connectivity index (χ1) is 15.1. The zero-order valence-electron chi connectivity index (χ0n) is 18.1. The average Bonchev–Trinajstić information content (AvgIpc) is 3.14. The second-order valence-corrected chi connectivity index (χ2v) is 8.12. The van der Waals surface area contributed by atoms with Gasteiger partial charge in [0.05, 0.1) is 29.0 Å². The van der Waals surface area contributed by atoms with Crippen LogP contribution in [0.25, 0.3) is 10.9 Å². The number of primary amides is 1. The smallest absolute Gasteiger partial charge is 0.419 e. The first-order valence-electron chi connectivity index (χ1n) is 10.5. The number of amides is 2. The number of para-hydroxylation sites is 1. The lowest BCUT2D eigenvalue weighted by Crippen LogP contribution is -2.48. The van der Waals surface area contributed by atoms with Gasteiger partial charge in [-0.05, 0) is 31.0 Å². The monoisotopic (exact) mass is 446 g/mol. The molecule has 0 fully saturated rings. The molecule has 170 valence electrons. The number of hydrogen-bond donors (Lipinski definition) is 1. The van der Waals surface area contributed by atoms with Crippen LogP contribution < -0.4 is 15.4 Å². The Morgan fingerprint density at radius 1 is 1.25 bits per heavy atom. The third kappa shape index (κ3) is 3.45. The van der Waals surface area contributed by atoms with Gasteiger partial charge in [0, 0.05) is 24.4 Å². The van der Waals surface area contributed by atoms with Gasteiger partial charge in [-0.15, -0.1) is 0 Å². The van der Waals surface area contributed by atoms with Gasteiger partial charge in [-0.3, -0.25) is 9.58 Å². The minimum atomic E-state index is -4.60. The molecule has 32 heavy (non-hydrogen) atoms. The maximum atomic E-state index is 13.9. The molecule has 0 radical (unpaired) electrons. The van der Waals surface area contributed by atoms with E-state index < -0.39 is 29.4 Å². The van der Waals surface area contributed by atoms with Crippen LogP contribution in [0.5, 0.6) is 5.75 Å². The summed E-state index contributed by atoms with van der Waals surface area (Å²) in [7, 11) is 1.78. The van der Waals surface area contributed by atoms with Crippen LogP contribution in [-0.4, -0.2) is 21.4 Å². The van der Waals surface area contributed by atoms with E-state index in [1.807, 2.05) is 19.9 Å². The molecular weight excluding hydrogens is 421 g/mol. The van der Waals surface area contributed by atoms with Crippen molar-refractivity contribution in [2.45, 2.75) is 50.9 Å². The lowest BCUT2D eigenvalue weighted by molar-refractivity contribution is -0.140. The Hall–Kier alpha value is -3.23. The van der Waals surface area contributed by atoms with Crippen molar-refractivity contribution >= 4 is 22.6 Å². The van der Waals surface area contributed by atoms with E-state index >= 15 is 0 Å². The van der Waals surface area contributed by atoms with Gasteiger partial charge < -0.3 is 10.5 Å². The van der Waals surface area contributed by atoms with Crippen molar-refractivity contribution in [3.8, 4) is 5.75 Å². The number of aryl methyl sites for hydroxylation is 1. The first kappa shape index (κ1) is 22.0. The van der Waals surface area contributed by atoms with Crippen molar-refractivity contribution in [2.75, 3.05) is 4.90 Å². The van der Waals surface area contributed by atoms with E-state index in [-0.39, 0.29) is 11.3 Å². The SMILES string of the molecule is CCC1(CC)C[C@@H](N(C(N)=O)c2cccc3c2cnn3C)c2cccc(C(F)(F)F)c2O1. The quantitative estimate of drug-likeness (QED) is 0.570. The lowest BCUT2D eigenvalue weighted by Gasteiger charge is -2.45. The van der Waals surface area contributed by atoms with Gasteiger partial charge in [-0.25, -0.2) is 4.79 Å². The van der Waals surface area contributed by atoms with E-state index in [1.165, 1.54) is 11.0 Å². The molecule has 0 bridgehead atoms. The molecule has 0 saturated heterocycles. The number of carbonyl (C=O) groups is 1. The summed E-state index contributed by atoms with van der Waals surface area (Å²) < 4.78 is 49.3. The van der Waals surface area contributed by atoms with E-state index in [2.05, 4.69) is 5.10 Å². The molecule has 2 N–H and O–H groups in total. The van der Waals surface area contributed by atoms with Gasteiger partial charge in [0.25, 0.3) is 0 Å². The number of ether oxygens (including phenoxy) is 1. The second kappa shape index (κ2) is 7.72. The van der Waals surface area contributed by atoms with E-state index in [4.69, 9.17) is 10.5 Å². The molecule has 0 saturated carbocycles. The van der Waals surface area contributed by atoms with Crippen LogP contribution in [-0.2, 0) is 13.2 Å². The minimum Gasteiger partial charge on any atom is -0.486 e. The van der Waals surface area contributed by atoms with Crippen LogP contribution in [0.2, 0.25) is 0 Å². The summed E-state index contributed by atoms with van der Waals surface area (Å²) in [4.78, 5) is 14.2. The van der Waals surface area contributed by atoms with Crippen molar-refractivity contribution in [3.63, 3.8) is 0 Å². The molecule has 1 aliphatic rings. The first-order valence-corrected chi connectivity index (χ1v) is 10.5. The third-order valence-electron chi connectivity index (χ3n) is 6.46. The van der Waals surface area contributed by atoms with Crippen LogP contribution in [0.3, 0.4) is 0 Å². The van der Waals surface area contributed by atoms with Gasteiger partial charge in [-0.1, -0.05) is 32.0 Å². The summed E-state index contributed by atoms with van der Waals surface area (Å²) in [6, 6.07) is 7.80. The molecule has 0 spiro atoms. The van der Waals surface area contributed by atoms with E-state index in [1.54, 1.807) is 36.1 Å². The number of halogens is 3. The summed E-state index contributed by atoms with van der Waals surface area (Å²) in [5.74, 6) is -0.232. The number of fused-ring (bicyclic) bond motifs is 2. The number of alkyl halides is 3. The van der Waals surface area contributed by atoms with Gasteiger partial charge >= 0.3 is 12.2 Å². The largest absolute Gasteiger partial charge is 0.486 e. The van der Waals surface area contributed by atoms with Gasteiger partial charge in [0.15, 0.2) is 0 Å². The van der Waals surface area contributed by atoms with E-state index in [0.29, 0.717) is 30.3 Å². The number of benzene rings is 2. The predicted molar refractivity (Wildman–Crippen MR) is 116 cm³/mol. The van der Waals surface area contributed by atoms with Gasteiger partial charge in [0.1, 0.15) is 11.4 Å². The Morgan fingerprint density at radius 2 is 1.94 bits per heavy atom. The fourth-order valence-corrected chi connectivity index (χ4v) is 4.60. The molecule has 2 heterocycles. The Labute approximate surface area is 183 Å². The summed E-state index contributed by atoms with van der Waals surface area (Å²) in [5, 5.41) is 4.95. The third-order valence-corrected chi connectivity index (χ3v) is 6.46. The number of anilines is 1. The zero-order valence-corrected chi connectivity index (χ0v) is 18.1. The Kier molecular flexibility index (Phi) is 5.30. The zero-order chi connectivity index (χ0) is 23.3. The number of aromatic nitrogens is 2. The molecule has 0 unspecified atom stereocenters. The Bertz CT molecular complexity index is 1170. The Morgan fingerprint density at radius 3 is 2.56 bits per heavy atom. The normalized spacial score (nSPS) is 17.6. The summed E-state index contributed by atoms with van der Waals surface area (Å²) in [6.07, 6.45) is -1.69. The number of carbonyl (C=O) groups excluding carboxylic acids is 1.